The molecule has 0 aliphatic heterocycles. The van der Waals surface area contributed by atoms with Crippen molar-refractivity contribution in [2.45, 2.75) is 0 Å². The highest BCUT2D eigenvalue weighted by Crippen LogP contribution is 2.45. The van der Waals surface area contributed by atoms with E-state index < -0.39 is 0 Å². The van der Waals surface area contributed by atoms with Crippen LogP contribution in [0.4, 0.5) is 0 Å². The maximum Gasteiger partial charge on any atom is 0.166 e. The predicted octanol–water partition coefficient (Wildman–Crippen LogP) is 14.5. The second-order valence-corrected chi connectivity index (χ2v) is 15.6. The fourth-order valence-corrected chi connectivity index (χ4v) is 9.40. The molecule has 3 heterocycles. The van der Waals surface area contributed by atoms with Gasteiger partial charge in [0.25, 0.3) is 0 Å². The molecule has 0 atom stereocenters. The molecular formula is C55H32N4O. The van der Waals surface area contributed by atoms with E-state index in [0.717, 1.165) is 87.7 Å². The average Bonchev–Trinajstić information content (AvgIpc) is 3.85. The van der Waals surface area contributed by atoms with E-state index in [-0.39, 0.29) is 0 Å². The van der Waals surface area contributed by atoms with Crippen LogP contribution in [-0.4, -0.2) is 19.5 Å². The van der Waals surface area contributed by atoms with E-state index in [2.05, 4.69) is 199 Å². The SMILES string of the molecule is c1ccc2cc(-c3nc(-c4cccc5ccccc45)nc(-c4c(-n5c6ccccc6c6cc7ccccc7cc65)ccc5oc6c7ccccc7ccc6c45)n3)ccc2c1. The Hall–Kier alpha value is -8.15. The first-order valence-electron chi connectivity index (χ1n) is 20.3. The van der Waals surface area contributed by atoms with Crippen LogP contribution in [0, 0.1) is 0 Å². The largest absolute Gasteiger partial charge is 0.455 e. The van der Waals surface area contributed by atoms with Crippen molar-refractivity contribution in [1.29, 1.82) is 0 Å². The van der Waals surface area contributed by atoms with E-state index in [9.17, 15) is 0 Å². The second-order valence-electron chi connectivity index (χ2n) is 15.6. The molecule has 0 spiro atoms. The van der Waals surface area contributed by atoms with Crippen LogP contribution in [0.5, 0.6) is 0 Å². The van der Waals surface area contributed by atoms with Gasteiger partial charge in [0.2, 0.25) is 0 Å². The van der Waals surface area contributed by atoms with Gasteiger partial charge in [0.1, 0.15) is 11.2 Å². The molecule has 0 unspecified atom stereocenters. The maximum atomic E-state index is 6.89. The lowest BCUT2D eigenvalue weighted by Gasteiger charge is -2.16. The summed E-state index contributed by atoms with van der Waals surface area (Å²) in [5.41, 5.74) is 7.51. The first kappa shape index (κ1) is 32.9. The quantitative estimate of drug-likeness (QED) is 0.179. The number of benzene rings is 10. The molecular weight excluding hydrogens is 733 g/mol. The lowest BCUT2D eigenvalue weighted by atomic mass is 10.00. The summed E-state index contributed by atoms with van der Waals surface area (Å²) in [6, 6.07) is 68.6. The zero-order valence-electron chi connectivity index (χ0n) is 32.2. The van der Waals surface area contributed by atoms with Crippen LogP contribution in [0.15, 0.2) is 199 Å². The van der Waals surface area contributed by atoms with Crippen LogP contribution in [0.1, 0.15) is 0 Å². The van der Waals surface area contributed by atoms with Gasteiger partial charge in [-0.3, -0.25) is 0 Å². The highest BCUT2D eigenvalue weighted by atomic mass is 16.3. The van der Waals surface area contributed by atoms with Crippen LogP contribution in [0.25, 0.3) is 127 Å². The summed E-state index contributed by atoms with van der Waals surface area (Å²) in [5.74, 6) is 1.77. The molecule has 5 nitrogen and oxygen atoms in total. The van der Waals surface area contributed by atoms with Gasteiger partial charge < -0.3 is 8.98 Å². The van der Waals surface area contributed by atoms with Crippen molar-refractivity contribution in [3.05, 3.63) is 194 Å². The van der Waals surface area contributed by atoms with Gasteiger partial charge in [-0.25, -0.2) is 15.0 Å². The van der Waals surface area contributed by atoms with Crippen LogP contribution in [0.2, 0.25) is 0 Å². The molecule has 13 aromatic rings. The summed E-state index contributed by atoms with van der Waals surface area (Å²) in [5, 5.41) is 13.4. The zero-order valence-corrected chi connectivity index (χ0v) is 32.2. The molecule has 0 aliphatic carbocycles. The van der Waals surface area contributed by atoms with Crippen molar-refractivity contribution in [3.8, 4) is 39.9 Å². The number of hydrogen-bond donors (Lipinski definition) is 0. The minimum atomic E-state index is 0.569. The summed E-state index contributed by atoms with van der Waals surface area (Å²) >= 11 is 0. The van der Waals surface area contributed by atoms with E-state index in [1.54, 1.807) is 0 Å². The van der Waals surface area contributed by atoms with E-state index in [1.165, 1.54) is 21.5 Å². The predicted molar refractivity (Wildman–Crippen MR) is 248 cm³/mol. The molecule has 0 amide bonds. The number of para-hydroxylation sites is 1. The molecule has 10 aromatic carbocycles. The van der Waals surface area contributed by atoms with Crippen LogP contribution in [0.3, 0.4) is 0 Å². The Bertz CT molecular complexity index is 3910. The Morgan fingerprint density at radius 3 is 1.82 bits per heavy atom. The number of nitrogens with zero attached hydrogens (tertiary/aromatic N) is 4. The van der Waals surface area contributed by atoms with Gasteiger partial charge in [0.15, 0.2) is 17.5 Å². The first-order valence-corrected chi connectivity index (χ1v) is 20.3. The first-order chi connectivity index (χ1) is 29.7. The fourth-order valence-electron chi connectivity index (χ4n) is 9.40. The zero-order chi connectivity index (χ0) is 39.3. The Morgan fingerprint density at radius 2 is 0.983 bits per heavy atom. The van der Waals surface area contributed by atoms with Gasteiger partial charge in [0.05, 0.1) is 22.3 Å². The van der Waals surface area contributed by atoms with Crippen molar-refractivity contribution < 1.29 is 4.42 Å². The maximum absolute atomic E-state index is 6.89. The third kappa shape index (κ3) is 4.90. The highest BCUT2D eigenvalue weighted by Gasteiger charge is 2.25. The lowest BCUT2D eigenvalue weighted by Crippen LogP contribution is -2.04. The average molecular weight is 765 g/mol. The van der Waals surface area contributed by atoms with Crippen molar-refractivity contribution >= 4 is 86.8 Å². The third-order valence-corrected chi connectivity index (χ3v) is 12.2. The molecule has 60 heavy (non-hydrogen) atoms. The van der Waals surface area contributed by atoms with E-state index in [0.29, 0.717) is 17.5 Å². The van der Waals surface area contributed by atoms with Crippen LogP contribution < -0.4 is 0 Å². The summed E-state index contributed by atoms with van der Waals surface area (Å²) < 4.78 is 9.28. The lowest BCUT2D eigenvalue weighted by molar-refractivity contribution is 0.672. The molecule has 3 aromatic heterocycles. The summed E-state index contributed by atoms with van der Waals surface area (Å²) in [6.07, 6.45) is 0. The van der Waals surface area contributed by atoms with Crippen molar-refractivity contribution in [3.63, 3.8) is 0 Å². The van der Waals surface area contributed by atoms with Gasteiger partial charge in [0, 0.05) is 38.1 Å². The minimum Gasteiger partial charge on any atom is -0.455 e. The standard InChI is InChI=1S/C55H32N4O/c1-2-15-36-30-39(25-24-33(36)12-1)53-56-54(43-22-11-18-34-13-5-7-19-40(34)43)58-55(57-53)51-47(28-29-49-50(51)44-27-26-35-14-6-8-20-41(35)52(44)60-49)59-46-23-10-9-21-42(46)45-31-37-16-3-4-17-38(37)32-48(45)59/h1-32H. The second kappa shape index (κ2) is 12.7. The Balaban J connectivity index is 1.20. The topological polar surface area (TPSA) is 56.7 Å². The monoisotopic (exact) mass is 764 g/mol. The van der Waals surface area contributed by atoms with Gasteiger partial charge in [-0.2, -0.15) is 0 Å². The summed E-state index contributed by atoms with van der Waals surface area (Å²) in [6.45, 7) is 0. The van der Waals surface area contributed by atoms with Crippen molar-refractivity contribution in [1.82, 2.24) is 19.5 Å². The molecule has 0 saturated carbocycles. The van der Waals surface area contributed by atoms with E-state index in [4.69, 9.17) is 19.4 Å². The molecule has 13 rings (SSSR count). The molecule has 0 bridgehead atoms. The van der Waals surface area contributed by atoms with Crippen molar-refractivity contribution in [2.75, 3.05) is 0 Å². The van der Waals surface area contributed by atoms with Gasteiger partial charge in [-0.1, -0.05) is 152 Å². The van der Waals surface area contributed by atoms with Crippen LogP contribution >= 0.6 is 0 Å². The number of rotatable bonds is 4. The summed E-state index contributed by atoms with van der Waals surface area (Å²) in [4.78, 5) is 16.3. The number of fused-ring (bicyclic) bond motifs is 11. The van der Waals surface area contributed by atoms with Crippen LogP contribution in [-0.2, 0) is 0 Å². The smallest absolute Gasteiger partial charge is 0.166 e. The molecule has 0 N–H and O–H groups in total. The van der Waals surface area contributed by atoms with Gasteiger partial charge >= 0.3 is 0 Å². The molecule has 0 aliphatic rings. The van der Waals surface area contributed by atoms with E-state index in [1.807, 2.05) is 0 Å². The molecule has 0 fully saturated rings. The van der Waals surface area contributed by atoms with Crippen molar-refractivity contribution in [2.24, 2.45) is 0 Å². The number of aromatic nitrogens is 4. The number of furan rings is 1. The Morgan fingerprint density at radius 1 is 0.367 bits per heavy atom. The Kier molecular flexibility index (Phi) is 6.95. The van der Waals surface area contributed by atoms with E-state index >= 15 is 0 Å². The third-order valence-electron chi connectivity index (χ3n) is 12.2. The van der Waals surface area contributed by atoms with Gasteiger partial charge in [-0.05, 0) is 80.2 Å². The summed E-state index contributed by atoms with van der Waals surface area (Å²) in [7, 11) is 0. The highest BCUT2D eigenvalue weighted by molar-refractivity contribution is 6.21. The molecule has 0 saturated heterocycles. The normalized spacial score (nSPS) is 12.0. The molecule has 5 heteroatoms. The Labute approximate surface area is 343 Å². The number of hydrogen-bond acceptors (Lipinski definition) is 4. The fraction of sp³-hybridized carbons (Fsp3) is 0. The molecule has 278 valence electrons. The minimum absolute atomic E-state index is 0.569. The van der Waals surface area contributed by atoms with Gasteiger partial charge in [-0.15, -0.1) is 0 Å². The molecule has 0 radical (unpaired) electrons.